The van der Waals surface area contributed by atoms with E-state index in [2.05, 4.69) is 10.6 Å². The summed E-state index contributed by atoms with van der Waals surface area (Å²) in [6.45, 7) is 0.385. The van der Waals surface area contributed by atoms with Crippen LogP contribution in [0.15, 0.2) is 18.2 Å². The van der Waals surface area contributed by atoms with Gasteiger partial charge in [0.25, 0.3) is 0 Å². The predicted molar refractivity (Wildman–Crippen MR) is 76.1 cm³/mol. The Hall–Kier alpha value is -1.86. The number of aliphatic carboxylic acids is 1. The maximum absolute atomic E-state index is 13.4. The standard InChI is InChI=1S/C13H16ClFN2O4/c1-21-6-2-3-10(12(18)19)16-13(20)17-11-7-8(14)4-5-9(11)15/h4-5,7,10H,2-3,6H2,1H3,(H,18,19)(H2,16,17,20). The molecule has 2 amide bonds. The van der Waals surface area contributed by atoms with Gasteiger partial charge in [-0.05, 0) is 31.0 Å². The summed E-state index contributed by atoms with van der Waals surface area (Å²) in [5.41, 5.74) is -0.124. The van der Waals surface area contributed by atoms with Crippen LogP contribution in [0.2, 0.25) is 5.02 Å². The van der Waals surface area contributed by atoms with E-state index >= 15 is 0 Å². The average Bonchev–Trinajstić information content (AvgIpc) is 2.42. The lowest BCUT2D eigenvalue weighted by Gasteiger charge is -2.15. The first-order valence-corrected chi connectivity index (χ1v) is 6.56. The Labute approximate surface area is 126 Å². The molecule has 0 aromatic heterocycles. The van der Waals surface area contributed by atoms with Crippen LogP contribution >= 0.6 is 11.6 Å². The fourth-order valence-corrected chi connectivity index (χ4v) is 1.77. The van der Waals surface area contributed by atoms with Crippen molar-refractivity contribution in [2.24, 2.45) is 0 Å². The quantitative estimate of drug-likeness (QED) is 0.674. The Morgan fingerprint density at radius 3 is 2.81 bits per heavy atom. The second kappa shape index (κ2) is 8.43. The van der Waals surface area contributed by atoms with Gasteiger partial charge in [0.15, 0.2) is 0 Å². The van der Waals surface area contributed by atoms with E-state index in [1.807, 2.05) is 0 Å². The number of rotatable bonds is 7. The van der Waals surface area contributed by atoms with E-state index in [4.69, 9.17) is 21.4 Å². The lowest BCUT2D eigenvalue weighted by Crippen LogP contribution is -2.43. The number of carbonyl (C=O) groups excluding carboxylic acids is 1. The Kier molecular flexibility index (Phi) is 6.90. The van der Waals surface area contributed by atoms with Crippen molar-refractivity contribution in [3.05, 3.63) is 29.0 Å². The predicted octanol–water partition coefficient (Wildman–Crippen LogP) is 2.48. The first-order chi connectivity index (χ1) is 9.93. The summed E-state index contributed by atoms with van der Waals surface area (Å²) in [5, 5.41) is 13.7. The molecule has 1 unspecified atom stereocenters. The summed E-state index contributed by atoms with van der Waals surface area (Å²) in [5.74, 6) is -1.84. The van der Waals surface area contributed by atoms with Crippen LogP contribution in [0.5, 0.6) is 0 Å². The highest BCUT2D eigenvalue weighted by Gasteiger charge is 2.20. The van der Waals surface area contributed by atoms with Crippen molar-refractivity contribution in [2.75, 3.05) is 19.0 Å². The van der Waals surface area contributed by atoms with Crippen LogP contribution < -0.4 is 10.6 Å². The van der Waals surface area contributed by atoms with E-state index in [1.54, 1.807) is 0 Å². The Morgan fingerprint density at radius 2 is 2.19 bits per heavy atom. The van der Waals surface area contributed by atoms with Gasteiger partial charge in [0, 0.05) is 18.7 Å². The maximum atomic E-state index is 13.4. The molecular weight excluding hydrogens is 303 g/mol. The van der Waals surface area contributed by atoms with E-state index in [9.17, 15) is 14.0 Å². The molecule has 0 saturated carbocycles. The van der Waals surface area contributed by atoms with Crippen molar-refractivity contribution in [2.45, 2.75) is 18.9 Å². The second-order valence-electron chi connectivity index (χ2n) is 4.25. The maximum Gasteiger partial charge on any atom is 0.326 e. The molecular formula is C13H16ClFN2O4. The third-order valence-electron chi connectivity index (χ3n) is 2.62. The molecule has 0 fully saturated rings. The van der Waals surface area contributed by atoms with Crippen molar-refractivity contribution in [3.63, 3.8) is 0 Å². The zero-order valence-electron chi connectivity index (χ0n) is 11.4. The van der Waals surface area contributed by atoms with Gasteiger partial charge in [-0.1, -0.05) is 11.6 Å². The van der Waals surface area contributed by atoms with Gasteiger partial charge in [0.2, 0.25) is 0 Å². The highest BCUT2D eigenvalue weighted by molar-refractivity contribution is 6.30. The lowest BCUT2D eigenvalue weighted by molar-refractivity contribution is -0.139. The third kappa shape index (κ3) is 5.97. The number of amides is 2. The monoisotopic (exact) mass is 318 g/mol. The molecule has 21 heavy (non-hydrogen) atoms. The minimum absolute atomic E-state index is 0.124. The van der Waals surface area contributed by atoms with Crippen LogP contribution in [-0.2, 0) is 9.53 Å². The largest absolute Gasteiger partial charge is 0.480 e. The number of carboxylic acids is 1. The Morgan fingerprint density at radius 1 is 1.48 bits per heavy atom. The summed E-state index contributed by atoms with van der Waals surface area (Å²) in [4.78, 5) is 22.7. The normalized spacial score (nSPS) is 11.8. The van der Waals surface area contributed by atoms with E-state index in [0.717, 1.165) is 6.07 Å². The first kappa shape index (κ1) is 17.2. The van der Waals surface area contributed by atoms with Crippen LogP contribution in [0.3, 0.4) is 0 Å². The number of methoxy groups -OCH3 is 1. The fraction of sp³-hybridized carbons (Fsp3) is 0.385. The highest BCUT2D eigenvalue weighted by Crippen LogP contribution is 2.19. The molecule has 116 valence electrons. The SMILES string of the molecule is COCCCC(NC(=O)Nc1cc(Cl)ccc1F)C(=O)O. The van der Waals surface area contributed by atoms with Gasteiger partial charge >= 0.3 is 12.0 Å². The number of nitrogens with one attached hydrogen (secondary N) is 2. The van der Waals surface area contributed by atoms with Crippen molar-refractivity contribution in [1.82, 2.24) is 5.32 Å². The molecule has 1 atom stereocenters. The molecule has 0 saturated heterocycles. The van der Waals surface area contributed by atoms with Crippen molar-refractivity contribution >= 4 is 29.3 Å². The zero-order chi connectivity index (χ0) is 15.8. The van der Waals surface area contributed by atoms with E-state index < -0.39 is 23.9 Å². The summed E-state index contributed by atoms with van der Waals surface area (Å²) >= 11 is 5.69. The lowest BCUT2D eigenvalue weighted by atomic mass is 10.1. The van der Waals surface area contributed by atoms with E-state index in [0.29, 0.717) is 13.0 Å². The summed E-state index contributed by atoms with van der Waals surface area (Å²) < 4.78 is 18.3. The molecule has 6 nitrogen and oxygen atoms in total. The number of halogens is 2. The number of anilines is 1. The molecule has 0 radical (unpaired) electrons. The van der Waals surface area contributed by atoms with Crippen LogP contribution in [0.4, 0.5) is 14.9 Å². The summed E-state index contributed by atoms with van der Waals surface area (Å²) in [6.07, 6.45) is 0.674. The van der Waals surface area contributed by atoms with Gasteiger partial charge in [0.05, 0.1) is 5.69 Å². The summed E-state index contributed by atoms with van der Waals surface area (Å²) in [7, 11) is 1.50. The van der Waals surface area contributed by atoms with Gasteiger partial charge in [-0.15, -0.1) is 0 Å². The van der Waals surface area contributed by atoms with Gasteiger partial charge in [-0.3, -0.25) is 0 Å². The van der Waals surface area contributed by atoms with Crippen molar-refractivity contribution in [3.8, 4) is 0 Å². The number of urea groups is 1. The van der Waals surface area contributed by atoms with Crippen molar-refractivity contribution in [1.29, 1.82) is 0 Å². The molecule has 1 aromatic rings. The van der Waals surface area contributed by atoms with E-state index in [-0.39, 0.29) is 17.1 Å². The smallest absolute Gasteiger partial charge is 0.326 e. The fourth-order valence-electron chi connectivity index (χ4n) is 1.60. The summed E-state index contributed by atoms with van der Waals surface area (Å²) in [6, 6.07) is 1.77. The average molecular weight is 319 g/mol. The Balaban J connectivity index is 2.61. The second-order valence-corrected chi connectivity index (χ2v) is 4.68. The topological polar surface area (TPSA) is 87.7 Å². The molecule has 0 spiro atoms. The first-order valence-electron chi connectivity index (χ1n) is 6.18. The number of hydrogen-bond donors (Lipinski definition) is 3. The minimum Gasteiger partial charge on any atom is -0.480 e. The van der Waals surface area contributed by atoms with Gasteiger partial charge in [-0.2, -0.15) is 0 Å². The molecule has 1 aromatic carbocycles. The molecule has 8 heteroatoms. The molecule has 0 aliphatic carbocycles. The number of carbonyl (C=O) groups is 2. The highest BCUT2D eigenvalue weighted by atomic mass is 35.5. The number of hydrogen-bond acceptors (Lipinski definition) is 3. The van der Waals surface area contributed by atoms with Gasteiger partial charge in [0.1, 0.15) is 11.9 Å². The molecule has 0 heterocycles. The molecule has 0 aliphatic rings. The van der Waals surface area contributed by atoms with Gasteiger partial charge in [-0.25, -0.2) is 14.0 Å². The third-order valence-corrected chi connectivity index (χ3v) is 2.86. The van der Waals surface area contributed by atoms with Crippen molar-refractivity contribution < 1.29 is 23.8 Å². The van der Waals surface area contributed by atoms with Crippen LogP contribution in [0.1, 0.15) is 12.8 Å². The number of carboxylic acid groups (broad SMARTS) is 1. The number of benzene rings is 1. The van der Waals surface area contributed by atoms with Crippen LogP contribution in [-0.4, -0.2) is 36.9 Å². The molecule has 0 aliphatic heterocycles. The Bertz CT molecular complexity index is 513. The van der Waals surface area contributed by atoms with Gasteiger partial charge < -0.3 is 20.5 Å². The molecule has 1 rings (SSSR count). The van der Waals surface area contributed by atoms with Crippen LogP contribution in [0, 0.1) is 5.82 Å². The van der Waals surface area contributed by atoms with E-state index in [1.165, 1.54) is 19.2 Å². The zero-order valence-corrected chi connectivity index (χ0v) is 12.1. The molecule has 3 N–H and O–H groups in total. The number of ether oxygens (including phenoxy) is 1. The minimum atomic E-state index is -1.17. The molecule has 0 bridgehead atoms. The van der Waals surface area contributed by atoms with Crippen LogP contribution in [0.25, 0.3) is 0 Å².